The Morgan fingerprint density at radius 1 is 1.47 bits per heavy atom. The van der Waals surface area contributed by atoms with Crippen LogP contribution in [0.15, 0.2) is 41.3 Å². The number of nitrogens with zero attached hydrogens (tertiary/aromatic N) is 2. The van der Waals surface area contributed by atoms with Crippen LogP contribution >= 0.6 is 0 Å². The largest absolute Gasteiger partial charge is 0.336 e. The van der Waals surface area contributed by atoms with Gasteiger partial charge in [0.2, 0.25) is 0 Å². The van der Waals surface area contributed by atoms with Gasteiger partial charge in [0.05, 0.1) is 0 Å². The highest BCUT2D eigenvalue weighted by molar-refractivity contribution is 6.32. The molecule has 0 bridgehead atoms. The predicted octanol–water partition coefficient (Wildman–Crippen LogP) is 1.84. The molecule has 4 heteroatoms. The average molecular weight is 226 g/mol. The number of rotatable bonds is 2. The molecule has 2 nitrogen and oxygen atoms in total. The fourth-order valence-corrected chi connectivity index (χ4v) is 1.85. The van der Waals surface area contributed by atoms with Gasteiger partial charge in [0.15, 0.2) is 0 Å². The summed E-state index contributed by atoms with van der Waals surface area (Å²) in [5.74, 6) is 0.484. The maximum Gasteiger partial charge on any atom is 0.130 e. The molecule has 1 aromatic carbocycles. The average Bonchev–Trinajstić information content (AvgIpc) is 2.29. The summed E-state index contributed by atoms with van der Waals surface area (Å²) < 4.78 is 13.7. The number of allylic oxidation sites excluding steroid dienone is 2. The van der Waals surface area contributed by atoms with Crippen LogP contribution in [0.25, 0.3) is 5.57 Å². The maximum atomic E-state index is 13.7. The molecule has 0 N–H and O–H groups in total. The Balaban J connectivity index is 2.34. The minimum atomic E-state index is -0.298. The molecular formula is C13H12BFN2. The van der Waals surface area contributed by atoms with Crippen LogP contribution in [0, 0.1) is 5.82 Å². The van der Waals surface area contributed by atoms with Gasteiger partial charge < -0.3 is 4.90 Å². The Hall–Kier alpha value is -1.84. The first-order valence-corrected chi connectivity index (χ1v) is 5.27. The highest BCUT2D eigenvalue weighted by atomic mass is 19.1. The summed E-state index contributed by atoms with van der Waals surface area (Å²) in [6.07, 6.45) is 4.41. The maximum absolute atomic E-state index is 13.7. The summed E-state index contributed by atoms with van der Waals surface area (Å²) in [6, 6.07) is 4.73. The van der Waals surface area contributed by atoms with Crippen molar-refractivity contribution in [1.29, 1.82) is 0 Å². The van der Waals surface area contributed by atoms with E-state index in [0.29, 0.717) is 17.4 Å². The van der Waals surface area contributed by atoms with Crippen LogP contribution in [0.3, 0.4) is 0 Å². The summed E-state index contributed by atoms with van der Waals surface area (Å²) in [5, 5.41) is 0. The zero-order chi connectivity index (χ0) is 12.4. The van der Waals surface area contributed by atoms with Gasteiger partial charge in [-0.3, -0.25) is 0 Å². The van der Waals surface area contributed by atoms with E-state index in [1.54, 1.807) is 12.1 Å². The van der Waals surface area contributed by atoms with Crippen molar-refractivity contribution in [3.05, 3.63) is 47.7 Å². The molecule has 0 atom stereocenters. The van der Waals surface area contributed by atoms with Crippen molar-refractivity contribution >= 4 is 25.6 Å². The van der Waals surface area contributed by atoms with E-state index < -0.39 is 0 Å². The predicted molar refractivity (Wildman–Crippen MR) is 69.8 cm³/mol. The zero-order valence-electron chi connectivity index (χ0n) is 9.65. The normalized spacial score (nSPS) is 15.3. The molecule has 0 spiro atoms. The SMILES string of the molecule is [B]c1ccc(C2=CN(C)C(N=C)=CC2)c(F)c1. The first-order valence-electron chi connectivity index (χ1n) is 5.27. The van der Waals surface area contributed by atoms with Crippen LogP contribution in [0.4, 0.5) is 4.39 Å². The smallest absolute Gasteiger partial charge is 0.130 e. The minimum absolute atomic E-state index is 0.298. The van der Waals surface area contributed by atoms with Gasteiger partial charge in [-0.25, -0.2) is 9.38 Å². The lowest BCUT2D eigenvalue weighted by molar-refractivity contribution is 0.552. The van der Waals surface area contributed by atoms with Gasteiger partial charge in [-0.2, -0.15) is 0 Å². The highest BCUT2D eigenvalue weighted by Crippen LogP contribution is 2.27. The number of hydrogen-bond donors (Lipinski definition) is 0. The summed E-state index contributed by atoms with van der Waals surface area (Å²) in [7, 11) is 7.38. The molecule has 0 fully saturated rings. The van der Waals surface area contributed by atoms with E-state index in [1.165, 1.54) is 6.07 Å². The lowest BCUT2D eigenvalue weighted by Crippen LogP contribution is -2.14. The minimum Gasteiger partial charge on any atom is -0.336 e. The van der Waals surface area contributed by atoms with Crippen molar-refractivity contribution < 1.29 is 4.39 Å². The highest BCUT2D eigenvalue weighted by Gasteiger charge is 2.13. The molecule has 0 saturated heterocycles. The van der Waals surface area contributed by atoms with E-state index in [-0.39, 0.29) is 5.82 Å². The lowest BCUT2D eigenvalue weighted by Gasteiger charge is -2.22. The number of hydrogen-bond acceptors (Lipinski definition) is 2. The number of aliphatic imine (C=N–C) groups is 1. The Morgan fingerprint density at radius 2 is 2.24 bits per heavy atom. The van der Waals surface area contributed by atoms with Crippen LogP contribution in [0.1, 0.15) is 12.0 Å². The summed E-state index contributed by atoms with van der Waals surface area (Å²) in [5.41, 5.74) is 1.91. The quantitative estimate of drug-likeness (QED) is 0.554. The monoisotopic (exact) mass is 226 g/mol. The van der Waals surface area contributed by atoms with Gasteiger partial charge in [-0.1, -0.05) is 17.6 Å². The second kappa shape index (κ2) is 4.57. The topological polar surface area (TPSA) is 15.6 Å². The van der Waals surface area contributed by atoms with Crippen LogP contribution < -0.4 is 5.46 Å². The second-order valence-corrected chi connectivity index (χ2v) is 3.93. The van der Waals surface area contributed by atoms with E-state index in [4.69, 9.17) is 7.85 Å². The molecule has 1 heterocycles. The number of benzene rings is 1. The Bertz CT molecular complexity index is 520. The molecule has 1 aromatic rings. The molecular weight excluding hydrogens is 214 g/mol. The first-order chi connectivity index (χ1) is 8.11. The van der Waals surface area contributed by atoms with Gasteiger partial charge in [0.25, 0.3) is 0 Å². The van der Waals surface area contributed by atoms with Gasteiger partial charge in [0.1, 0.15) is 19.5 Å². The van der Waals surface area contributed by atoms with E-state index in [1.807, 2.05) is 24.2 Å². The lowest BCUT2D eigenvalue weighted by atomic mass is 9.92. The summed E-state index contributed by atoms with van der Waals surface area (Å²) in [4.78, 5) is 5.69. The zero-order valence-corrected chi connectivity index (χ0v) is 9.65. The van der Waals surface area contributed by atoms with Crippen molar-refractivity contribution in [2.45, 2.75) is 6.42 Å². The Labute approximate surface area is 102 Å². The van der Waals surface area contributed by atoms with E-state index in [9.17, 15) is 4.39 Å². The summed E-state index contributed by atoms with van der Waals surface area (Å²) >= 11 is 0. The Morgan fingerprint density at radius 3 is 2.82 bits per heavy atom. The van der Waals surface area contributed by atoms with E-state index in [0.717, 1.165) is 11.4 Å². The molecule has 0 aromatic heterocycles. The molecule has 2 rings (SSSR count). The Kier molecular flexibility index (Phi) is 3.13. The van der Waals surface area contributed by atoms with E-state index in [2.05, 4.69) is 11.7 Å². The van der Waals surface area contributed by atoms with Gasteiger partial charge in [0, 0.05) is 18.8 Å². The second-order valence-electron chi connectivity index (χ2n) is 3.93. The van der Waals surface area contributed by atoms with Gasteiger partial charge in [-0.15, -0.1) is 0 Å². The fourth-order valence-electron chi connectivity index (χ4n) is 1.85. The van der Waals surface area contributed by atoms with Crippen LogP contribution in [-0.2, 0) is 0 Å². The molecule has 84 valence electrons. The third-order valence-corrected chi connectivity index (χ3v) is 2.72. The van der Waals surface area contributed by atoms with Crippen LogP contribution in [0.5, 0.6) is 0 Å². The van der Waals surface area contributed by atoms with Crippen LogP contribution in [0.2, 0.25) is 0 Å². The first kappa shape index (κ1) is 11.6. The van der Waals surface area contributed by atoms with Crippen molar-refractivity contribution in [2.24, 2.45) is 4.99 Å². The van der Waals surface area contributed by atoms with E-state index >= 15 is 0 Å². The molecule has 1 aliphatic rings. The number of halogens is 1. The molecule has 0 saturated carbocycles. The molecule has 1 aliphatic heterocycles. The van der Waals surface area contributed by atoms with Crippen molar-refractivity contribution in [3.8, 4) is 0 Å². The molecule has 2 radical (unpaired) electrons. The summed E-state index contributed by atoms with van der Waals surface area (Å²) in [6.45, 7) is 3.48. The van der Waals surface area contributed by atoms with Gasteiger partial charge in [-0.05, 0) is 30.9 Å². The molecule has 0 aliphatic carbocycles. The molecule has 0 unspecified atom stereocenters. The van der Waals surface area contributed by atoms with Gasteiger partial charge >= 0.3 is 0 Å². The van der Waals surface area contributed by atoms with Crippen molar-refractivity contribution in [3.63, 3.8) is 0 Å². The van der Waals surface area contributed by atoms with Crippen LogP contribution in [-0.4, -0.2) is 26.5 Å². The van der Waals surface area contributed by atoms with Crippen molar-refractivity contribution in [1.82, 2.24) is 4.90 Å². The molecule has 0 amide bonds. The van der Waals surface area contributed by atoms with Crippen molar-refractivity contribution in [2.75, 3.05) is 7.05 Å². The fraction of sp³-hybridized carbons (Fsp3) is 0.154. The third kappa shape index (κ3) is 2.30. The standard InChI is InChI=1S/C13H12BFN2/c1-16-13-6-3-9(8-17(13)2)11-5-4-10(14)7-12(11)15/h4-8H,1,3H2,2H3. The molecule has 17 heavy (non-hydrogen) atoms. The third-order valence-electron chi connectivity index (χ3n) is 2.72.